The molecule has 1 aliphatic rings. The first-order chi connectivity index (χ1) is 12.0. The molecule has 2 aromatic heterocycles. The number of piperidine rings is 1. The summed E-state index contributed by atoms with van der Waals surface area (Å²) in [5, 5.41) is 0. The summed E-state index contributed by atoms with van der Waals surface area (Å²) in [6.07, 6.45) is 3.95. The molecule has 1 aliphatic heterocycles. The molecule has 0 bridgehead atoms. The Labute approximate surface area is 158 Å². The molecule has 7 heteroatoms. The van der Waals surface area contributed by atoms with Crippen molar-refractivity contribution in [3.63, 3.8) is 0 Å². The first-order valence-electron chi connectivity index (χ1n) is 8.56. The maximum absolute atomic E-state index is 4.73. The van der Waals surface area contributed by atoms with Gasteiger partial charge in [0.25, 0.3) is 0 Å². The fraction of sp³-hybridized carbons (Fsp3) is 0.500. The van der Waals surface area contributed by atoms with Gasteiger partial charge in [-0.2, -0.15) is 0 Å². The Morgan fingerprint density at radius 1 is 1.16 bits per heavy atom. The molecule has 3 heterocycles. The summed E-state index contributed by atoms with van der Waals surface area (Å²) in [5.74, 6) is 2.94. The SMILES string of the molecule is Cc1nc(N2CCCC(N(C)c3cc(N(C)C)ncn3)C2)ccc1Br. The van der Waals surface area contributed by atoms with Gasteiger partial charge in [0, 0.05) is 50.8 Å². The van der Waals surface area contributed by atoms with E-state index >= 15 is 0 Å². The van der Waals surface area contributed by atoms with Crippen molar-refractivity contribution < 1.29 is 0 Å². The maximum Gasteiger partial charge on any atom is 0.134 e. The molecular weight excluding hydrogens is 380 g/mol. The van der Waals surface area contributed by atoms with Gasteiger partial charge in [0.1, 0.15) is 23.8 Å². The molecule has 0 aliphatic carbocycles. The highest BCUT2D eigenvalue weighted by Crippen LogP contribution is 2.26. The Hall–Kier alpha value is -1.89. The van der Waals surface area contributed by atoms with Crippen molar-refractivity contribution in [1.82, 2.24) is 15.0 Å². The first kappa shape index (κ1) is 17.9. The van der Waals surface area contributed by atoms with E-state index in [0.717, 1.165) is 53.6 Å². The van der Waals surface area contributed by atoms with Crippen LogP contribution in [0.3, 0.4) is 0 Å². The van der Waals surface area contributed by atoms with Crippen LogP contribution in [-0.4, -0.2) is 55.2 Å². The molecule has 1 unspecified atom stereocenters. The van der Waals surface area contributed by atoms with Crippen LogP contribution >= 0.6 is 15.9 Å². The third-order valence-electron chi connectivity index (χ3n) is 4.73. The van der Waals surface area contributed by atoms with Crippen molar-refractivity contribution in [2.24, 2.45) is 0 Å². The van der Waals surface area contributed by atoms with Crippen molar-refractivity contribution in [2.75, 3.05) is 48.9 Å². The molecule has 0 spiro atoms. The second kappa shape index (κ2) is 7.56. The van der Waals surface area contributed by atoms with Crippen LogP contribution < -0.4 is 14.7 Å². The topological polar surface area (TPSA) is 48.4 Å². The number of pyridine rings is 1. The fourth-order valence-electron chi connectivity index (χ4n) is 3.15. The van der Waals surface area contributed by atoms with Gasteiger partial charge in [-0.1, -0.05) is 0 Å². The van der Waals surface area contributed by atoms with Crippen LogP contribution in [-0.2, 0) is 0 Å². The van der Waals surface area contributed by atoms with Crippen molar-refractivity contribution in [2.45, 2.75) is 25.8 Å². The maximum atomic E-state index is 4.73. The molecule has 1 saturated heterocycles. The Morgan fingerprint density at radius 2 is 1.92 bits per heavy atom. The number of aryl methyl sites for hydroxylation is 1. The molecule has 0 radical (unpaired) electrons. The zero-order valence-corrected chi connectivity index (χ0v) is 16.9. The summed E-state index contributed by atoms with van der Waals surface area (Å²) >= 11 is 3.53. The summed E-state index contributed by atoms with van der Waals surface area (Å²) in [5.41, 5.74) is 1.03. The van der Waals surface area contributed by atoms with Gasteiger partial charge in [-0.05, 0) is 47.8 Å². The van der Waals surface area contributed by atoms with E-state index in [1.807, 2.05) is 32.0 Å². The van der Waals surface area contributed by atoms with E-state index in [1.54, 1.807) is 6.33 Å². The minimum absolute atomic E-state index is 0.407. The Balaban J connectivity index is 1.76. The molecule has 1 atom stereocenters. The summed E-state index contributed by atoms with van der Waals surface area (Å²) < 4.78 is 1.05. The second-order valence-electron chi connectivity index (χ2n) is 6.72. The lowest BCUT2D eigenvalue weighted by Gasteiger charge is -2.39. The number of hydrogen-bond acceptors (Lipinski definition) is 6. The molecule has 0 saturated carbocycles. The van der Waals surface area contributed by atoms with Crippen LogP contribution in [0.25, 0.3) is 0 Å². The monoisotopic (exact) mass is 404 g/mol. The number of anilines is 3. The lowest BCUT2D eigenvalue weighted by Crippen LogP contribution is -2.47. The zero-order chi connectivity index (χ0) is 18.0. The van der Waals surface area contributed by atoms with Crippen LogP contribution in [0.4, 0.5) is 17.5 Å². The van der Waals surface area contributed by atoms with E-state index in [2.05, 4.69) is 54.9 Å². The number of hydrogen-bond donors (Lipinski definition) is 0. The summed E-state index contributed by atoms with van der Waals surface area (Å²) in [4.78, 5) is 20.2. The molecule has 6 nitrogen and oxygen atoms in total. The van der Waals surface area contributed by atoms with Crippen LogP contribution in [0.5, 0.6) is 0 Å². The third-order valence-corrected chi connectivity index (χ3v) is 5.57. The van der Waals surface area contributed by atoms with Crippen LogP contribution in [0.2, 0.25) is 0 Å². The molecule has 0 N–H and O–H groups in total. The van der Waals surface area contributed by atoms with Gasteiger partial charge >= 0.3 is 0 Å². The fourth-order valence-corrected chi connectivity index (χ4v) is 3.37. The van der Waals surface area contributed by atoms with E-state index in [-0.39, 0.29) is 0 Å². The second-order valence-corrected chi connectivity index (χ2v) is 7.57. The van der Waals surface area contributed by atoms with Gasteiger partial charge < -0.3 is 14.7 Å². The number of likely N-dealkylation sites (N-methyl/N-ethyl adjacent to an activating group) is 1. The Morgan fingerprint density at radius 3 is 2.64 bits per heavy atom. The lowest BCUT2D eigenvalue weighted by molar-refractivity contribution is 0.483. The molecular formula is C18H25BrN6. The molecule has 1 fully saturated rings. The van der Waals surface area contributed by atoms with Crippen LogP contribution in [0, 0.1) is 6.92 Å². The quantitative estimate of drug-likeness (QED) is 0.779. The van der Waals surface area contributed by atoms with Gasteiger partial charge in [-0.15, -0.1) is 0 Å². The van der Waals surface area contributed by atoms with Gasteiger partial charge in [0.2, 0.25) is 0 Å². The smallest absolute Gasteiger partial charge is 0.134 e. The normalized spacial score (nSPS) is 17.5. The average molecular weight is 405 g/mol. The minimum atomic E-state index is 0.407. The predicted octanol–water partition coefficient (Wildman–Crippen LogP) is 3.11. The van der Waals surface area contributed by atoms with Crippen LogP contribution in [0.1, 0.15) is 18.5 Å². The predicted molar refractivity (Wildman–Crippen MR) is 107 cm³/mol. The largest absolute Gasteiger partial charge is 0.363 e. The van der Waals surface area contributed by atoms with Crippen molar-refractivity contribution in [3.05, 3.63) is 34.7 Å². The standard InChI is InChI=1S/C18H25BrN6/c1-13-15(19)7-8-16(22-13)25-9-5-6-14(11-25)24(4)18-10-17(23(2)3)20-12-21-18/h7-8,10,12,14H,5-6,9,11H2,1-4H3. The molecule has 25 heavy (non-hydrogen) atoms. The van der Waals surface area contributed by atoms with Gasteiger partial charge in [0.05, 0.1) is 5.69 Å². The third kappa shape index (κ3) is 4.03. The minimum Gasteiger partial charge on any atom is -0.363 e. The number of rotatable bonds is 4. The average Bonchev–Trinajstić information content (AvgIpc) is 2.63. The molecule has 3 rings (SSSR count). The molecule has 0 aromatic carbocycles. The van der Waals surface area contributed by atoms with Crippen molar-refractivity contribution >= 4 is 33.4 Å². The summed E-state index contributed by atoms with van der Waals surface area (Å²) in [6.45, 7) is 4.03. The summed E-state index contributed by atoms with van der Waals surface area (Å²) in [6, 6.07) is 6.62. The lowest BCUT2D eigenvalue weighted by atomic mass is 10.0. The highest BCUT2D eigenvalue weighted by Gasteiger charge is 2.25. The Kier molecular flexibility index (Phi) is 5.42. The van der Waals surface area contributed by atoms with Gasteiger partial charge in [0.15, 0.2) is 0 Å². The first-order valence-corrected chi connectivity index (χ1v) is 9.35. The summed E-state index contributed by atoms with van der Waals surface area (Å²) in [7, 11) is 6.11. The number of halogens is 1. The Bertz CT molecular complexity index is 735. The number of aromatic nitrogens is 3. The number of nitrogens with zero attached hydrogens (tertiary/aromatic N) is 6. The van der Waals surface area contributed by atoms with Gasteiger partial charge in [-0.25, -0.2) is 15.0 Å². The van der Waals surface area contributed by atoms with Crippen LogP contribution in [0.15, 0.2) is 29.0 Å². The van der Waals surface area contributed by atoms with Crippen molar-refractivity contribution in [3.8, 4) is 0 Å². The highest BCUT2D eigenvalue weighted by atomic mass is 79.9. The van der Waals surface area contributed by atoms with E-state index in [1.165, 1.54) is 0 Å². The highest BCUT2D eigenvalue weighted by molar-refractivity contribution is 9.10. The molecule has 2 aromatic rings. The van der Waals surface area contributed by atoms with E-state index in [4.69, 9.17) is 4.98 Å². The van der Waals surface area contributed by atoms with Crippen molar-refractivity contribution in [1.29, 1.82) is 0 Å². The van der Waals surface area contributed by atoms with Gasteiger partial charge in [-0.3, -0.25) is 0 Å². The van der Waals surface area contributed by atoms with E-state index in [0.29, 0.717) is 6.04 Å². The zero-order valence-electron chi connectivity index (χ0n) is 15.3. The molecule has 134 valence electrons. The molecule has 0 amide bonds. The van der Waals surface area contributed by atoms with E-state index < -0.39 is 0 Å². The van der Waals surface area contributed by atoms with E-state index in [9.17, 15) is 0 Å².